The lowest BCUT2D eigenvalue weighted by Crippen LogP contribution is -2.00. The number of halogens is 2. The molecule has 5 heteroatoms. The van der Waals surface area contributed by atoms with Crippen LogP contribution >= 0.6 is 23.2 Å². The van der Waals surface area contributed by atoms with Gasteiger partial charge in [0.05, 0.1) is 24.3 Å². The van der Waals surface area contributed by atoms with Crippen molar-refractivity contribution in [3.63, 3.8) is 0 Å². The maximum Gasteiger partial charge on any atom is 0.139 e. The van der Waals surface area contributed by atoms with Gasteiger partial charge >= 0.3 is 0 Å². The fourth-order valence-corrected chi connectivity index (χ4v) is 2.27. The third-order valence-corrected chi connectivity index (χ3v) is 3.47. The van der Waals surface area contributed by atoms with Gasteiger partial charge in [-0.1, -0.05) is 29.3 Å². The van der Waals surface area contributed by atoms with E-state index in [1.54, 1.807) is 20.3 Å². The van der Waals surface area contributed by atoms with Gasteiger partial charge in [0, 0.05) is 18.3 Å². The monoisotopic (exact) mass is 311 g/mol. The molecule has 0 amide bonds. The standard InChI is InChI=1S/C15H15Cl2NO2/c1-19-14-6-3-10(7-13(14)17)9-18-11-4-5-12(16)15(8-11)20-2/h3-8,18H,9H2,1-2H3. The highest BCUT2D eigenvalue weighted by molar-refractivity contribution is 6.32. The van der Waals surface area contributed by atoms with Crippen LogP contribution in [0.15, 0.2) is 36.4 Å². The van der Waals surface area contributed by atoms with Crippen LogP contribution in [0.2, 0.25) is 10.0 Å². The minimum absolute atomic E-state index is 0.588. The maximum atomic E-state index is 6.09. The lowest BCUT2D eigenvalue weighted by atomic mass is 10.2. The normalized spacial score (nSPS) is 10.2. The molecule has 1 N–H and O–H groups in total. The van der Waals surface area contributed by atoms with Crippen molar-refractivity contribution in [3.8, 4) is 11.5 Å². The predicted molar refractivity (Wildman–Crippen MR) is 83.3 cm³/mol. The van der Waals surface area contributed by atoms with Crippen LogP contribution < -0.4 is 14.8 Å². The number of rotatable bonds is 5. The van der Waals surface area contributed by atoms with E-state index < -0.39 is 0 Å². The summed E-state index contributed by atoms with van der Waals surface area (Å²) in [6, 6.07) is 11.2. The molecule has 0 bridgehead atoms. The molecule has 0 radical (unpaired) electrons. The van der Waals surface area contributed by atoms with Crippen molar-refractivity contribution >= 4 is 28.9 Å². The first-order chi connectivity index (χ1) is 9.63. The summed E-state index contributed by atoms with van der Waals surface area (Å²) in [6.45, 7) is 0.647. The molecule has 0 saturated heterocycles. The Kier molecular flexibility index (Phi) is 4.99. The Morgan fingerprint density at radius 1 is 0.900 bits per heavy atom. The molecule has 0 aliphatic rings. The molecule has 0 fully saturated rings. The summed E-state index contributed by atoms with van der Waals surface area (Å²) in [7, 11) is 3.19. The van der Waals surface area contributed by atoms with E-state index in [4.69, 9.17) is 32.7 Å². The Morgan fingerprint density at radius 3 is 2.30 bits per heavy atom. The van der Waals surface area contributed by atoms with Crippen molar-refractivity contribution in [1.82, 2.24) is 0 Å². The molecule has 0 atom stereocenters. The molecule has 20 heavy (non-hydrogen) atoms. The van der Waals surface area contributed by atoms with Crippen LogP contribution in [0.5, 0.6) is 11.5 Å². The Labute approximate surface area is 128 Å². The molecule has 3 nitrogen and oxygen atoms in total. The fraction of sp³-hybridized carbons (Fsp3) is 0.200. The van der Waals surface area contributed by atoms with Crippen molar-refractivity contribution in [2.24, 2.45) is 0 Å². The third kappa shape index (κ3) is 3.50. The number of hydrogen-bond donors (Lipinski definition) is 1. The SMILES string of the molecule is COc1ccc(CNc2ccc(Cl)c(OC)c2)cc1Cl. The molecule has 2 aromatic rings. The summed E-state index contributed by atoms with van der Waals surface area (Å²) in [6.07, 6.45) is 0. The van der Waals surface area contributed by atoms with E-state index in [1.807, 2.05) is 30.3 Å². The Hall–Kier alpha value is -1.58. The summed E-state index contributed by atoms with van der Waals surface area (Å²) in [5, 5.41) is 4.48. The third-order valence-electron chi connectivity index (χ3n) is 2.86. The van der Waals surface area contributed by atoms with Crippen molar-refractivity contribution < 1.29 is 9.47 Å². The number of nitrogens with one attached hydrogen (secondary N) is 1. The van der Waals surface area contributed by atoms with Gasteiger partial charge < -0.3 is 14.8 Å². The molecule has 0 aromatic heterocycles. The second-order valence-electron chi connectivity index (χ2n) is 4.17. The first-order valence-electron chi connectivity index (χ1n) is 6.04. The van der Waals surface area contributed by atoms with Gasteiger partial charge in [0.25, 0.3) is 0 Å². The minimum atomic E-state index is 0.588. The summed E-state index contributed by atoms with van der Waals surface area (Å²) >= 11 is 12.1. The zero-order valence-corrected chi connectivity index (χ0v) is 12.8. The summed E-state index contributed by atoms with van der Waals surface area (Å²) in [5.41, 5.74) is 1.99. The number of benzene rings is 2. The first kappa shape index (κ1) is 14.8. The fourth-order valence-electron chi connectivity index (χ4n) is 1.79. The molecule has 0 aliphatic carbocycles. The Balaban J connectivity index is 2.07. The van der Waals surface area contributed by atoms with Crippen LogP contribution in [0.25, 0.3) is 0 Å². The molecule has 0 spiro atoms. The van der Waals surface area contributed by atoms with Gasteiger partial charge in [0.15, 0.2) is 0 Å². The molecule has 0 unspecified atom stereocenters. The highest BCUT2D eigenvalue weighted by Crippen LogP contribution is 2.28. The van der Waals surface area contributed by atoms with Gasteiger partial charge in [-0.15, -0.1) is 0 Å². The largest absolute Gasteiger partial charge is 0.495 e. The second kappa shape index (κ2) is 6.73. The highest BCUT2D eigenvalue weighted by atomic mass is 35.5. The zero-order chi connectivity index (χ0) is 14.5. The lowest BCUT2D eigenvalue weighted by molar-refractivity contribution is 0.415. The lowest BCUT2D eigenvalue weighted by Gasteiger charge is -2.10. The van der Waals surface area contributed by atoms with E-state index in [9.17, 15) is 0 Å². The quantitative estimate of drug-likeness (QED) is 0.873. The van der Waals surface area contributed by atoms with E-state index in [-0.39, 0.29) is 0 Å². The average molecular weight is 312 g/mol. The van der Waals surface area contributed by atoms with Gasteiger partial charge in [-0.2, -0.15) is 0 Å². The van der Waals surface area contributed by atoms with Crippen LogP contribution in [0.4, 0.5) is 5.69 Å². The summed E-state index contributed by atoms with van der Waals surface area (Å²) in [4.78, 5) is 0. The Morgan fingerprint density at radius 2 is 1.65 bits per heavy atom. The van der Waals surface area contributed by atoms with Crippen LogP contribution in [0.3, 0.4) is 0 Å². The van der Waals surface area contributed by atoms with Crippen LogP contribution in [-0.2, 0) is 6.54 Å². The number of ether oxygens (including phenoxy) is 2. The van der Waals surface area contributed by atoms with Crippen molar-refractivity contribution in [3.05, 3.63) is 52.0 Å². The molecular weight excluding hydrogens is 297 g/mol. The van der Waals surface area contributed by atoms with Crippen LogP contribution in [0, 0.1) is 0 Å². The minimum Gasteiger partial charge on any atom is -0.495 e. The van der Waals surface area contributed by atoms with Crippen molar-refractivity contribution in [2.75, 3.05) is 19.5 Å². The van der Waals surface area contributed by atoms with E-state index in [1.165, 1.54) is 0 Å². The van der Waals surface area contributed by atoms with Gasteiger partial charge in [-0.05, 0) is 29.8 Å². The topological polar surface area (TPSA) is 30.5 Å². The molecule has 0 heterocycles. The van der Waals surface area contributed by atoms with E-state index in [0.717, 1.165) is 11.3 Å². The number of methoxy groups -OCH3 is 2. The van der Waals surface area contributed by atoms with Gasteiger partial charge in [-0.3, -0.25) is 0 Å². The number of hydrogen-bond acceptors (Lipinski definition) is 3. The smallest absolute Gasteiger partial charge is 0.139 e. The Bertz CT molecular complexity index is 602. The molecule has 2 rings (SSSR count). The number of anilines is 1. The van der Waals surface area contributed by atoms with Crippen LogP contribution in [0.1, 0.15) is 5.56 Å². The summed E-state index contributed by atoms with van der Waals surface area (Å²) < 4.78 is 10.3. The van der Waals surface area contributed by atoms with Gasteiger partial charge in [0.2, 0.25) is 0 Å². The molecular formula is C15H15Cl2NO2. The van der Waals surface area contributed by atoms with E-state index in [2.05, 4.69) is 5.32 Å². The van der Waals surface area contributed by atoms with E-state index >= 15 is 0 Å². The molecule has 106 valence electrons. The predicted octanol–water partition coefficient (Wildman–Crippen LogP) is 4.62. The van der Waals surface area contributed by atoms with Crippen LogP contribution in [-0.4, -0.2) is 14.2 Å². The maximum absolute atomic E-state index is 6.09. The van der Waals surface area contributed by atoms with E-state index in [0.29, 0.717) is 28.1 Å². The molecule has 0 saturated carbocycles. The first-order valence-corrected chi connectivity index (χ1v) is 6.79. The van der Waals surface area contributed by atoms with Gasteiger partial charge in [0.1, 0.15) is 11.5 Å². The average Bonchev–Trinajstić information content (AvgIpc) is 2.46. The van der Waals surface area contributed by atoms with Gasteiger partial charge in [-0.25, -0.2) is 0 Å². The second-order valence-corrected chi connectivity index (χ2v) is 4.99. The van der Waals surface area contributed by atoms with Crippen molar-refractivity contribution in [1.29, 1.82) is 0 Å². The highest BCUT2D eigenvalue weighted by Gasteiger charge is 2.04. The molecule has 2 aromatic carbocycles. The summed E-state index contributed by atoms with van der Waals surface area (Å²) in [5.74, 6) is 1.31. The molecule has 0 aliphatic heterocycles. The zero-order valence-electron chi connectivity index (χ0n) is 11.2. The van der Waals surface area contributed by atoms with Crippen molar-refractivity contribution in [2.45, 2.75) is 6.54 Å².